The number of hydrogen-bond acceptors (Lipinski definition) is 5. The summed E-state index contributed by atoms with van der Waals surface area (Å²) in [6.45, 7) is 11.8. The Balaban J connectivity index is 1.52. The van der Waals surface area contributed by atoms with Crippen molar-refractivity contribution in [2.24, 2.45) is 10.9 Å². The molecule has 2 aliphatic heterocycles. The van der Waals surface area contributed by atoms with Gasteiger partial charge >= 0.3 is 0 Å². The molecule has 0 saturated carbocycles. The molecule has 0 bridgehead atoms. The Hall–Kier alpha value is -1.99. The minimum absolute atomic E-state index is 0.172. The Morgan fingerprint density at radius 2 is 2.17 bits per heavy atom. The third-order valence-electron chi connectivity index (χ3n) is 5.31. The first-order chi connectivity index (χ1) is 14.0. The van der Waals surface area contributed by atoms with E-state index in [1.807, 2.05) is 0 Å². The van der Waals surface area contributed by atoms with Crippen LogP contribution in [-0.4, -0.2) is 70.0 Å². The molecular weight excluding hydrogens is 368 g/mol. The first-order valence-electron chi connectivity index (χ1n) is 10.6. The molecule has 0 aliphatic carbocycles. The van der Waals surface area contributed by atoms with Crippen molar-refractivity contribution in [2.75, 3.05) is 46.9 Å². The molecule has 3 rings (SSSR count). The van der Waals surface area contributed by atoms with Crippen molar-refractivity contribution >= 4 is 5.96 Å². The Morgan fingerprint density at radius 3 is 2.90 bits per heavy atom. The van der Waals surface area contributed by atoms with Gasteiger partial charge in [0.15, 0.2) is 5.96 Å². The van der Waals surface area contributed by atoms with Crippen LogP contribution in [0.15, 0.2) is 17.1 Å². The molecule has 1 aromatic rings. The molecule has 2 unspecified atom stereocenters. The molecule has 0 aromatic heterocycles. The molecule has 2 heterocycles. The fraction of sp³-hybridized carbons (Fsp3) is 0.682. The summed E-state index contributed by atoms with van der Waals surface area (Å²) in [5.41, 5.74) is 2.27. The quantitative estimate of drug-likeness (QED) is 0.536. The van der Waals surface area contributed by atoms with Crippen molar-refractivity contribution in [1.82, 2.24) is 15.5 Å². The number of rotatable bonds is 7. The molecule has 162 valence electrons. The lowest BCUT2D eigenvalue weighted by Crippen LogP contribution is -2.50. The summed E-state index contributed by atoms with van der Waals surface area (Å²) in [7, 11) is 3.49. The number of aliphatic imine (C=N–C) groups is 1. The van der Waals surface area contributed by atoms with Crippen LogP contribution in [0.1, 0.15) is 31.9 Å². The number of hydrogen-bond donors (Lipinski definition) is 2. The van der Waals surface area contributed by atoms with E-state index in [0.717, 1.165) is 62.2 Å². The largest absolute Gasteiger partial charge is 0.496 e. The molecule has 2 aliphatic rings. The molecule has 0 amide bonds. The van der Waals surface area contributed by atoms with Gasteiger partial charge in [-0.25, -0.2) is 0 Å². The Kier molecular flexibility index (Phi) is 7.61. The minimum atomic E-state index is 0.172. The molecule has 0 spiro atoms. The van der Waals surface area contributed by atoms with Crippen LogP contribution >= 0.6 is 0 Å². The van der Waals surface area contributed by atoms with Gasteiger partial charge in [0.25, 0.3) is 0 Å². The highest BCUT2D eigenvalue weighted by atomic mass is 16.5. The topological polar surface area (TPSA) is 67.4 Å². The second kappa shape index (κ2) is 10.2. The number of fused-ring (bicyclic) bond motifs is 1. The average molecular weight is 405 g/mol. The maximum absolute atomic E-state index is 5.92. The number of guanidine groups is 1. The molecule has 0 radical (unpaired) electrons. The number of morpholine rings is 1. The molecular formula is C22H36N4O3. The van der Waals surface area contributed by atoms with Gasteiger partial charge in [-0.05, 0) is 25.0 Å². The highest BCUT2D eigenvalue weighted by molar-refractivity contribution is 5.79. The van der Waals surface area contributed by atoms with E-state index in [1.165, 1.54) is 5.56 Å². The lowest BCUT2D eigenvalue weighted by atomic mass is 10.1. The van der Waals surface area contributed by atoms with Crippen LogP contribution in [0.4, 0.5) is 0 Å². The molecule has 1 saturated heterocycles. The second-order valence-electron chi connectivity index (χ2n) is 8.36. The van der Waals surface area contributed by atoms with Gasteiger partial charge in [-0.15, -0.1) is 0 Å². The first-order valence-corrected chi connectivity index (χ1v) is 10.6. The number of benzene rings is 1. The number of ether oxygens (including phenoxy) is 3. The minimum Gasteiger partial charge on any atom is -0.496 e. The Bertz CT molecular complexity index is 708. The van der Waals surface area contributed by atoms with Gasteiger partial charge in [0.1, 0.15) is 17.6 Å². The van der Waals surface area contributed by atoms with E-state index in [9.17, 15) is 0 Å². The van der Waals surface area contributed by atoms with E-state index < -0.39 is 0 Å². The van der Waals surface area contributed by atoms with Gasteiger partial charge in [-0.3, -0.25) is 9.89 Å². The van der Waals surface area contributed by atoms with Crippen molar-refractivity contribution in [2.45, 2.75) is 45.9 Å². The number of nitrogens with zero attached hydrogens (tertiary/aromatic N) is 2. The van der Waals surface area contributed by atoms with Crippen molar-refractivity contribution in [3.63, 3.8) is 0 Å². The van der Waals surface area contributed by atoms with Gasteiger partial charge in [0, 0.05) is 57.3 Å². The molecule has 1 aromatic carbocycles. The predicted octanol–water partition coefficient (Wildman–Crippen LogP) is 2.04. The van der Waals surface area contributed by atoms with Crippen molar-refractivity contribution in [3.05, 3.63) is 23.3 Å². The van der Waals surface area contributed by atoms with Crippen LogP contribution in [0.25, 0.3) is 0 Å². The first kappa shape index (κ1) is 21.7. The lowest BCUT2D eigenvalue weighted by Gasteiger charge is -2.34. The Labute approximate surface area is 174 Å². The summed E-state index contributed by atoms with van der Waals surface area (Å²) in [6.07, 6.45) is 1.32. The van der Waals surface area contributed by atoms with E-state index in [-0.39, 0.29) is 12.2 Å². The highest BCUT2D eigenvalue weighted by Crippen LogP contribution is 2.34. The maximum atomic E-state index is 5.92. The lowest BCUT2D eigenvalue weighted by molar-refractivity contribution is -0.0284. The van der Waals surface area contributed by atoms with E-state index in [1.54, 1.807) is 14.2 Å². The smallest absolute Gasteiger partial charge is 0.191 e. The van der Waals surface area contributed by atoms with E-state index in [0.29, 0.717) is 12.5 Å². The third-order valence-corrected chi connectivity index (χ3v) is 5.31. The van der Waals surface area contributed by atoms with Gasteiger partial charge in [-0.1, -0.05) is 13.8 Å². The van der Waals surface area contributed by atoms with Crippen LogP contribution in [0.3, 0.4) is 0 Å². The predicted molar refractivity (Wildman–Crippen MR) is 116 cm³/mol. The summed E-state index contributed by atoms with van der Waals surface area (Å²) in [6, 6.07) is 4.16. The number of nitrogens with one attached hydrogen (secondary N) is 2. The van der Waals surface area contributed by atoms with E-state index in [4.69, 9.17) is 14.2 Å². The van der Waals surface area contributed by atoms with Crippen LogP contribution < -0.4 is 20.1 Å². The fourth-order valence-corrected chi connectivity index (χ4v) is 4.01. The van der Waals surface area contributed by atoms with Crippen molar-refractivity contribution in [1.29, 1.82) is 0 Å². The zero-order chi connectivity index (χ0) is 20.8. The van der Waals surface area contributed by atoms with Gasteiger partial charge in [-0.2, -0.15) is 0 Å². The van der Waals surface area contributed by atoms with Crippen LogP contribution in [0, 0.1) is 5.92 Å². The molecule has 2 N–H and O–H groups in total. The zero-order valence-corrected chi connectivity index (χ0v) is 18.5. The monoisotopic (exact) mass is 404 g/mol. The third kappa shape index (κ3) is 6.00. The van der Waals surface area contributed by atoms with E-state index in [2.05, 4.69) is 53.4 Å². The van der Waals surface area contributed by atoms with Crippen LogP contribution in [0.2, 0.25) is 0 Å². The van der Waals surface area contributed by atoms with Crippen LogP contribution in [0.5, 0.6) is 11.5 Å². The zero-order valence-electron chi connectivity index (χ0n) is 18.5. The van der Waals surface area contributed by atoms with E-state index >= 15 is 0 Å². The summed E-state index contributed by atoms with van der Waals surface area (Å²) in [5, 5.41) is 6.78. The van der Waals surface area contributed by atoms with Gasteiger partial charge < -0.3 is 24.8 Å². The van der Waals surface area contributed by atoms with Crippen molar-refractivity contribution in [3.8, 4) is 11.5 Å². The van der Waals surface area contributed by atoms with Gasteiger partial charge in [0.05, 0.1) is 19.8 Å². The van der Waals surface area contributed by atoms with Gasteiger partial charge in [0.2, 0.25) is 0 Å². The second-order valence-corrected chi connectivity index (χ2v) is 8.36. The normalized spacial score (nSPS) is 22.3. The highest BCUT2D eigenvalue weighted by Gasteiger charge is 2.23. The molecule has 2 atom stereocenters. The molecule has 1 fully saturated rings. The summed E-state index contributed by atoms with van der Waals surface area (Å²) in [5.74, 6) is 3.26. The molecule has 7 nitrogen and oxygen atoms in total. The SMILES string of the molecule is CN=C(NCc1cc2c(cc1OC)CC(C)O2)NCC1CN(CC(C)C)CCO1. The summed E-state index contributed by atoms with van der Waals surface area (Å²) >= 11 is 0. The standard InChI is InChI=1S/C22H36N4O3/c1-15(2)13-26-6-7-28-19(14-26)12-25-22(23-4)24-11-18-10-21-17(8-16(3)29-21)9-20(18)27-5/h9-10,15-16,19H,6-8,11-14H2,1-5H3,(H2,23,24,25). The van der Waals surface area contributed by atoms with Crippen LogP contribution in [-0.2, 0) is 17.7 Å². The molecule has 7 heteroatoms. The summed E-state index contributed by atoms with van der Waals surface area (Å²) < 4.78 is 17.4. The Morgan fingerprint density at radius 1 is 1.34 bits per heavy atom. The molecule has 29 heavy (non-hydrogen) atoms. The average Bonchev–Trinajstić information content (AvgIpc) is 3.06. The number of methoxy groups -OCH3 is 1. The van der Waals surface area contributed by atoms with Crippen molar-refractivity contribution < 1.29 is 14.2 Å². The maximum Gasteiger partial charge on any atom is 0.191 e. The summed E-state index contributed by atoms with van der Waals surface area (Å²) in [4.78, 5) is 6.83. The fourth-order valence-electron chi connectivity index (χ4n) is 4.01.